The highest BCUT2D eigenvalue weighted by Gasteiger charge is 2.24. The van der Waals surface area contributed by atoms with Crippen molar-refractivity contribution >= 4 is 23.2 Å². The first-order valence-electron chi connectivity index (χ1n) is 9.53. The molecule has 1 aliphatic rings. The maximum absolute atomic E-state index is 13.0. The van der Waals surface area contributed by atoms with Crippen molar-refractivity contribution in [3.05, 3.63) is 78.6 Å². The Hall–Kier alpha value is -3.41. The largest absolute Gasteiger partial charge is 0.355 e. The second kappa shape index (κ2) is 8.52. The third-order valence-corrected chi connectivity index (χ3v) is 4.82. The fourth-order valence-corrected chi connectivity index (χ4v) is 3.46. The molecule has 1 aromatic heterocycles. The molecule has 4 rings (SSSR count). The Morgan fingerprint density at radius 1 is 0.964 bits per heavy atom. The van der Waals surface area contributed by atoms with Crippen LogP contribution in [0.25, 0.3) is 0 Å². The maximum Gasteiger partial charge on any atom is 0.253 e. The Kier molecular flexibility index (Phi) is 5.47. The van der Waals surface area contributed by atoms with Gasteiger partial charge in [0.1, 0.15) is 0 Å². The average molecular weight is 373 g/mol. The normalized spacial score (nSPS) is 16.4. The summed E-state index contributed by atoms with van der Waals surface area (Å²) < 4.78 is 0. The van der Waals surface area contributed by atoms with Crippen LogP contribution in [0.4, 0.5) is 17.3 Å². The quantitative estimate of drug-likeness (QED) is 0.715. The minimum Gasteiger partial charge on any atom is -0.355 e. The van der Waals surface area contributed by atoms with Gasteiger partial charge in [0.2, 0.25) is 5.95 Å². The monoisotopic (exact) mass is 373 g/mol. The van der Waals surface area contributed by atoms with E-state index in [1.54, 1.807) is 12.4 Å². The zero-order valence-electron chi connectivity index (χ0n) is 15.6. The molecule has 0 bridgehead atoms. The van der Waals surface area contributed by atoms with E-state index in [4.69, 9.17) is 0 Å². The molecule has 142 valence electrons. The van der Waals surface area contributed by atoms with Crippen molar-refractivity contribution in [3.8, 4) is 0 Å². The van der Waals surface area contributed by atoms with Gasteiger partial charge in [-0.05, 0) is 43.2 Å². The summed E-state index contributed by atoms with van der Waals surface area (Å²) in [7, 11) is 0. The van der Waals surface area contributed by atoms with Gasteiger partial charge in [-0.15, -0.1) is 0 Å². The van der Waals surface area contributed by atoms with Crippen LogP contribution in [0.3, 0.4) is 0 Å². The van der Waals surface area contributed by atoms with Gasteiger partial charge in [-0.2, -0.15) is 0 Å². The van der Waals surface area contributed by atoms with E-state index in [0.717, 1.165) is 30.8 Å². The SMILES string of the molecule is O=C(NC1CCCN(c2ncccn2)C1)c1ccccc1Nc1ccccc1. The van der Waals surface area contributed by atoms with E-state index in [1.165, 1.54) is 0 Å². The van der Waals surface area contributed by atoms with Crippen LogP contribution in [0, 0.1) is 0 Å². The molecule has 6 heteroatoms. The van der Waals surface area contributed by atoms with Crippen LogP contribution in [0.2, 0.25) is 0 Å². The van der Waals surface area contributed by atoms with Gasteiger partial charge in [-0.3, -0.25) is 4.79 Å². The minimum absolute atomic E-state index is 0.0647. The Labute approximate surface area is 164 Å². The highest BCUT2D eigenvalue weighted by molar-refractivity contribution is 6.00. The number of nitrogens with one attached hydrogen (secondary N) is 2. The molecule has 1 saturated heterocycles. The zero-order chi connectivity index (χ0) is 19.2. The van der Waals surface area contributed by atoms with Crippen LogP contribution >= 0.6 is 0 Å². The smallest absolute Gasteiger partial charge is 0.253 e. The number of anilines is 3. The molecule has 3 aromatic rings. The number of hydrogen-bond donors (Lipinski definition) is 2. The molecule has 1 fully saturated rings. The zero-order valence-corrected chi connectivity index (χ0v) is 15.6. The van der Waals surface area contributed by atoms with Crippen LogP contribution in [0.1, 0.15) is 23.2 Å². The van der Waals surface area contributed by atoms with Gasteiger partial charge < -0.3 is 15.5 Å². The lowest BCUT2D eigenvalue weighted by molar-refractivity contribution is 0.0934. The van der Waals surface area contributed by atoms with Crippen LogP contribution in [0.5, 0.6) is 0 Å². The molecule has 2 N–H and O–H groups in total. The van der Waals surface area contributed by atoms with Gasteiger partial charge in [-0.25, -0.2) is 9.97 Å². The predicted molar refractivity (Wildman–Crippen MR) is 111 cm³/mol. The minimum atomic E-state index is -0.0696. The Bertz CT molecular complexity index is 916. The molecule has 0 spiro atoms. The lowest BCUT2D eigenvalue weighted by Crippen LogP contribution is -2.48. The Balaban J connectivity index is 1.45. The number of piperidine rings is 1. The van der Waals surface area contributed by atoms with E-state index < -0.39 is 0 Å². The summed E-state index contributed by atoms with van der Waals surface area (Å²) in [6.45, 7) is 1.62. The highest BCUT2D eigenvalue weighted by atomic mass is 16.1. The van der Waals surface area contributed by atoms with E-state index in [2.05, 4.69) is 25.5 Å². The second-order valence-corrected chi connectivity index (χ2v) is 6.84. The lowest BCUT2D eigenvalue weighted by atomic mass is 10.0. The van der Waals surface area contributed by atoms with E-state index in [0.29, 0.717) is 18.1 Å². The summed E-state index contributed by atoms with van der Waals surface area (Å²) in [5, 5.41) is 6.52. The van der Waals surface area contributed by atoms with E-state index in [9.17, 15) is 4.79 Å². The Morgan fingerprint density at radius 3 is 2.54 bits per heavy atom. The number of aromatic nitrogens is 2. The third-order valence-electron chi connectivity index (χ3n) is 4.82. The number of amides is 1. The average Bonchev–Trinajstić information content (AvgIpc) is 2.76. The number of rotatable bonds is 5. The van der Waals surface area contributed by atoms with Crippen LogP contribution < -0.4 is 15.5 Å². The standard InChI is InChI=1S/C22H23N5O/c28-21(19-11-4-5-12-20(19)25-17-8-2-1-3-9-17)26-18-10-6-15-27(16-18)22-23-13-7-14-24-22/h1-5,7-9,11-14,18,25H,6,10,15-16H2,(H,26,28). The van der Waals surface area contributed by atoms with Gasteiger partial charge in [0.15, 0.2) is 0 Å². The number of benzene rings is 2. The van der Waals surface area contributed by atoms with Gasteiger partial charge in [-0.1, -0.05) is 30.3 Å². The van der Waals surface area contributed by atoms with Crippen LogP contribution in [-0.2, 0) is 0 Å². The van der Waals surface area contributed by atoms with Gasteiger partial charge in [0.05, 0.1) is 11.3 Å². The van der Waals surface area contributed by atoms with Gasteiger partial charge in [0, 0.05) is 37.2 Å². The predicted octanol–water partition coefficient (Wildman–Crippen LogP) is 3.62. The summed E-state index contributed by atoms with van der Waals surface area (Å²) in [5.74, 6) is 0.646. The molecule has 1 atom stereocenters. The van der Waals surface area contributed by atoms with Crippen molar-refractivity contribution in [2.45, 2.75) is 18.9 Å². The number of hydrogen-bond acceptors (Lipinski definition) is 5. The highest BCUT2D eigenvalue weighted by Crippen LogP contribution is 2.22. The molecule has 1 amide bonds. The molecule has 0 aliphatic carbocycles. The van der Waals surface area contributed by atoms with Crippen LogP contribution in [-0.4, -0.2) is 35.0 Å². The molecule has 2 heterocycles. The summed E-state index contributed by atoms with van der Waals surface area (Å²) >= 11 is 0. The van der Waals surface area contributed by atoms with Crippen molar-refractivity contribution in [2.24, 2.45) is 0 Å². The second-order valence-electron chi connectivity index (χ2n) is 6.84. The fraction of sp³-hybridized carbons (Fsp3) is 0.227. The fourth-order valence-electron chi connectivity index (χ4n) is 3.46. The van der Waals surface area contributed by atoms with Crippen molar-refractivity contribution in [2.75, 3.05) is 23.3 Å². The van der Waals surface area contributed by atoms with Crippen molar-refractivity contribution < 1.29 is 4.79 Å². The molecule has 0 radical (unpaired) electrons. The van der Waals surface area contributed by atoms with E-state index in [1.807, 2.05) is 60.7 Å². The molecule has 0 saturated carbocycles. The molecule has 28 heavy (non-hydrogen) atoms. The van der Waals surface area contributed by atoms with Crippen molar-refractivity contribution in [1.82, 2.24) is 15.3 Å². The molecule has 6 nitrogen and oxygen atoms in total. The number of nitrogens with zero attached hydrogens (tertiary/aromatic N) is 3. The first-order valence-corrected chi connectivity index (χ1v) is 9.53. The first-order chi connectivity index (χ1) is 13.8. The number of carbonyl (C=O) groups is 1. The summed E-state index contributed by atoms with van der Waals surface area (Å²) in [4.78, 5) is 23.7. The Morgan fingerprint density at radius 2 is 1.71 bits per heavy atom. The first kappa shape index (κ1) is 18.0. The third kappa shape index (κ3) is 4.28. The molecule has 1 unspecified atom stereocenters. The van der Waals surface area contributed by atoms with E-state index in [-0.39, 0.29) is 11.9 Å². The van der Waals surface area contributed by atoms with Crippen molar-refractivity contribution in [1.29, 1.82) is 0 Å². The lowest BCUT2D eigenvalue weighted by Gasteiger charge is -2.33. The van der Waals surface area contributed by atoms with Gasteiger partial charge >= 0.3 is 0 Å². The molecule has 1 aliphatic heterocycles. The van der Waals surface area contributed by atoms with Crippen LogP contribution in [0.15, 0.2) is 73.1 Å². The summed E-state index contributed by atoms with van der Waals surface area (Å²) in [6.07, 6.45) is 5.43. The van der Waals surface area contributed by atoms with E-state index >= 15 is 0 Å². The number of para-hydroxylation sites is 2. The van der Waals surface area contributed by atoms with Gasteiger partial charge in [0.25, 0.3) is 5.91 Å². The summed E-state index contributed by atoms with van der Waals surface area (Å²) in [5.41, 5.74) is 2.39. The van der Waals surface area contributed by atoms with Crippen molar-refractivity contribution in [3.63, 3.8) is 0 Å². The molecular formula is C22H23N5O. The topological polar surface area (TPSA) is 70.2 Å². The molecule has 2 aromatic carbocycles. The number of carbonyl (C=O) groups excluding carboxylic acids is 1. The maximum atomic E-state index is 13.0. The molecular weight excluding hydrogens is 350 g/mol. The summed E-state index contributed by atoms with van der Waals surface area (Å²) in [6, 6.07) is 19.3.